The minimum Gasteiger partial charge on any atom is -0.372 e. The molecule has 82 valence electrons. The van der Waals surface area contributed by atoms with E-state index in [0.29, 0.717) is 12.0 Å². The molecule has 0 aromatic carbocycles. The van der Waals surface area contributed by atoms with Crippen LogP contribution in [0, 0.1) is 5.41 Å². The van der Waals surface area contributed by atoms with E-state index in [1.165, 1.54) is 20.0 Å². The number of nitrogens with one attached hydrogen (secondary N) is 1. The van der Waals surface area contributed by atoms with Crippen LogP contribution in [0.25, 0.3) is 0 Å². The summed E-state index contributed by atoms with van der Waals surface area (Å²) in [5.41, 5.74) is 5.81. The zero-order chi connectivity index (χ0) is 10.6. The molecule has 1 atom stereocenters. The van der Waals surface area contributed by atoms with Gasteiger partial charge in [-0.05, 0) is 38.1 Å². The van der Waals surface area contributed by atoms with Crippen molar-refractivity contribution in [3.05, 3.63) is 0 Å². The first-order valence-corrected chi connectivity index (χ1v) is 5.14. The smallest absolute Gasteiger partial charge is 0.248 e. The van der Waals surface area contributed by atoms with Crippen molar-refractivity contribution in [1.29, 1.82) is 0 Å². The summed E-state index contributed by atoms with van der Waals surface area (Å²) in [6.45, 7) is 3.20. The van der Waals surface area contributed by atoms with Gasteiger partial charge in [-0.3, -0.25) is 4.79 Å². The number of carbonyl (C=O) groups is 1. The molecule has 14 heavy (non-hydrogen) atoms. The van der Waals surface area contributed by atoms with E-state index >= 15 is 0 Å². The van der Waals surface area contributed by atoms with Crippen molar-refractivity contribution in [1.82, 2.24) is 5.32 Å². The van der Waals surface area contributed by atoms with Crippen molar-refractivity contribution in [2.75, 3.05) is 20.2 Å². The maximum Gasteiger partial charge on any atom is 0.248 e. The highest BCUT2D eigenvalue weighted by atomic mass is 16.5. The lowest BCUT2D eigenvalue weighted by Gasteiger charge is -2.16. The van der Waals surface area contributed by atoms with Crippen molar-refractivity contribution < 1.29 is 9.53 Å². The van der Waals surface area contributed by atoms with E-state index in [0.717, 1.165) is 13.0 Å². The van der Waals surface area contributed by atoms with Gasteiger partial charge in [0.25, 0.3) is 0 Å². The summed E-state index contributed by atoms with van der Waals surface area (Å²) in [5.74, 6) is -0.0317. The highest BCUT2D eigenvalue weighted by molar-refractivity contribution is 5.80. The van der Waals surface area contributed by atoms with Crippen molar-refractivity contribution in [2.24, 2.45) is 11.1 Å². The van der Waals surface area contributed by atoms with E-state index in [1.54, 1.807) is 6.92 Å². The molecule has 0 radical (unpaired) electrons. The largest absolute Gasteiger partial charge is 0.372 e. The van der Waals surface area contributed by atoms with Crippen molar-refractivity contribution in [2.45, 2.75) is 32.3 Å². The van der Waals surface area contributed by atoms with Crippen LogP contribution in [-0.2, 0) is 9.53 Å². The van der Waals surface area contributed by atoms with Crippen LogP contribution >= 0.6 is 0 Å². The van der Waals surface area contributed by atoms with Gasteiger partial charge in [0.15, 0.2) is 0 Å². The second kappa shape index (κ2) is 4.75. The lowest BCUT2D eigenvalue weighted by atomic mass is 10.0. The van der Waals surface area contributed by atoms with Gasteiger partial charge in [-0.15, -0.1) is 0 Å². The van der Waals surface area contributed by atoms with Crippen LogP contribution in [-0.4, -0.2) is 32.2 Å². The Kier molecular flexibility index (Phi) is 3.89. The quantitative estimate of drug-likeness (QED) is 0.646. The van der Waals surface area contributed by atoms with Crippen LogP contribution in [0.1, 0.15) is 26.2 Å². The number of rotatable bonds is 6. The topological polar surface area (TPSA) is 64.3 Å². The van der Waals surface area contributed by atoms with E-state index in [4.69, 9.17) is 10.5 Å². The third kappa shape index (κ3) is 2.96. The lowest BCUT2D eigenvalue weighted by Crippen LogP contribution is -2.38. The SMILES string of the molecule is COC(C)C(=O)NCC1(CCN)CC1. The summed E-state index contributed by atoms with van der Waals surface area (Å²) in [6, 6.07) is 0. The van der Waals surface area contributed by atoms with Crippen molar-refractivity contribution >= 4 is 5.91 Å². The van der Waals surface area contributed by atoms with Gasteiger partial charge in [-0.25, -0.2) is 0 Å². The van der Waals surface area contributed by atoms with Crippen LogP contribution in [0.15, 0.2) is 0 Å². The Labute approximate surface area is 85.2 Å². The molecule has 1 rings (SSSR count). The number of amides is 1. The molecule has 1 aliphatic carbocycles. The number of hydrogen-bond donors (Lipinski definition) is 2. The summed E-state index contributed by atoms with van der Waals surface area (Å²) in [7, 11) is 1.54. The molecule has 0 saturated heterocycles. The van der Waals surface area contributed by atoms with E-state index in [-0.39, 0.29) is 12.0 Å². The van der Waals surface area contributed by atoms with E-state index in [9.17, 15) is 4.79 Å². The zero-order valence-electron chi connectivity index (χ0n) is 9.01. The van der Waals surface area contributed by atoms with Gasteiger partial charge in [-0.1, -0.05) is 0 Å². The molecule has 0 aromatic rings. The molecule has 0 bridgehead atoms. The van der Waals surface area contributed by atoms with Crippen LogP contribution in [0.5, 0.6) is 0 Å². The molecule has 1 unspecified atom stereocenters. The van der Waals surface area contributed by atoms with Gasteiger partial charge in [0.05, 0.1) is 0 Å². The molecule has 1 saturated carbocycles. The molecule has 3 N–H and O–H groups in total. The average Bonchev–Trinajstić information content (AvgIpc) is 2.94. The Morgan fingerprint density at radius 2 is 2.29 bits per heavy atom. The summed E-state index contributed by atoms with van der Waals surface area (Å²) < 4.78 is 4.92. The summed E-state index contributed by atoms with van der Waals surface area (Å²) in [5, 5.41) is 2.90. The molecule has 1 amide bonds. The van der Waals surface area contributed by atoms with Crippen molar-refractivity contribution in [3.8, 4) is 0 Å². The number of methoxy groups -OCH3 is 1. The third-order valence-electron chi connectivity index (χ3n) is 2.99. The molecule has 0 aliphatic heterocycles. The van der Waals surface area contributed by atoms with Gasteiger partial charge in [-0.2, -0.15) is 0 Å². The Balaban J connectivity index is 2.23. The first-order valence-electron chi connectivity index (χ1n) is 5.14. The number of carbonyl (C=O) groups excluding carboxylic acids is 1. The van der Waals surface area contributed by atoms with E-state index < -0.39 is 0 Å². The predicted molar refractivity (Wildman–Crippen MR) is 54.8 cm³/mol. The molecule has 0 heterocycles. The summed E-state index contributed by atoms with van der Waals surface area (Å²) in [6.07, 6.45) is 3.02. The van der Waals surface area contributed by atoms with Crippen LogP contribution in [0.4, 0.5) is 0 Å². The van der Waals surface area contributed by atoms with E-state index in [2.05, 4.69) is 5.32 Å². The zero-order valence-corrected chi connectivity index (χ0v) is 9.01. The summed E-state index contributed by atoms with van der Waals surface area (Å²) >= 11 is 0. The fourth-order valence-electron chi connectivity index (χ4n) is 1.52. The molecular weight excluding hydrogens is 180 g/mol. The number of nitrogens with two attached hydrogens (primary N) is 1. The Morgan fingerprint density at radius 3 is 2.71 bits per heavy atom. The van der Waals surface area contributed by atoms with Gasteiger partial charge < -0.3 is 15.8 Å². The molecule has 0 spiro atoms. The fourth-order valence-corrected chi connectivity index (χ4v) is 1.52. The second-order valence-electron chi connectivity index (χ2n) is 4.13. The molecule has 1 fully saturated rings. The molecule has 0 aromatic heterocycles. The molecular formula is C10H20N2O2. The standard InChI is InChI=1S/C10H20N2O2/c1-8(14-2)9(13)12-7-10(3-4-10)5-6-11/h8H,3-7,11H2,1-2H3,(H,12,13). The van der Waals surface area contributed by atoms with Crippen molar-refractivity contribution in [3.63, 3.8) is 0 Å². The third-order valence-corrected chi connectivity index (χ3v) is 2.99. The highest BCUT2D eigenvalue weighted by Crippen LogP contribution is 2.47. The van der Waals surface area contributed by atoms with Gasteiger partial charge >= 0.3 is 0 Å². The predicted octanol–water partition coefficient (Wildman–Crippen LogP) is 0.267. The normalized spacial score (nSPS) is 20.2. The minimum atomic E-state index is -0.358. The monoisotopic (exact) mass is 200 g/mol. The first-order chi connectivity index (χ1) is 6.63. The van der Waals surface area contributed by atoms with E-state index in [1.807, 2.05) is 0 Å². The van der Waals surface area contributed by atoms with Gasteiger partial charge in [0.2, 0.25) is 5.91 Å². The molecule has 1 aliphatic rings. The number of hydrogen-bond acceptors (Lipinski definition) is 3. The Bertz CT molecular complexity index is 202. The van der Waals surface area contributed by atoms with Crippen LogP contribution in [0.3, 0.4) is 0 Å². The highest BCUT2D eigenvalue weighted by Gasteiger charge is 2.41. The maximum atomic E-state index is 11.4. The summed E-state index contributed by atoms with van der Waals surface area (Å²) in [4.78, 5) is 11.4. The maximum absolute atomic E-state index is 11.4. The van der Waals surface area contributed by atoms with Crippen LogP contribution < -0.4 is 11.1 Å². The Hall–Kier alpha value is -0.610. The second-order valence-corrected chi connectivity index (χ2v) is 4.13. The first kappa shape index (κ1) is 11.5. The Morgan fingerprint density at radius 1 is 1.64 bits per heavy atom. The minimum absolute atomic E-state index is 0.0317. The van der Waals surface area contributed by atoms with Gasteiger partial charge in [0, 0.05) is 13.7 Å². The van der Waals surface area contributed by atoms with Crippen LogP contribution in [0.2, 0.25) is 0 Å². The molecule has 4 nitrogen and oxygen atoms in total. The average molecular weight is 200 g/mol. The van der Waals surface area contributed by atoms with Gasteiger partial charge in [0.1, 0.15) is 6.10 Å². The molecule has 4 heteroatoms. The number of ether oxygens (including phenoxy) is 1. The fraction of sp³-hybridized carbons (Fsp3) is 0.900. The lowest BCUT2D eigenvalue weighted by molar-refractivity contribution is -0.130.